The van der Waals surface area contributed by atoms with E-state index in [1.54, 1.807) is 39.8 Å². The summed E-state index contributed by atoms with van der Waals surface area (Å²) < 4.78 is 23.6. The van der Waals surface area contributed by atoms with E-state index in [-0.39, 0.29) is 51.1 Å². The number of rotatable bonds is 11. The van der Waals surface area contributed by atoms with Crippen molar-refractivity contribution >= 4 is 40.3 Å². The van der Waals surface area contributed by atoms with Crippen LogP contribution in [0.2, 0.25) is 0 Å². The second-order valence-corrected chi connectivity index (χ2v) is 16.5. The largest absolute Gasteiger partial charge is 0.507 e. The first-order valence-corrected chi connectivity index (χ1v) is 21.1. The van der Waals surface area contributed by atoms with Gasteiger partial charge in [-0.2, -0.15) is 0 Å². The van der Waals surface area contributed by atoms with E-state index in [9.17, 15) is 39.9 Å². The Bertz CT molecular complexity index is 2040. The molecule has 5 bridgehead atoms. The normalized spacial score (nSPS) is 29.5. The molecule has 9 atom stereocenters. The highest BCUT2D eigenvalue weighted by atomic mass is 16.7. The minimum absolute atomic E-state index is 0.0419. The number of hydrogen-bond donors (Lipinski definition) is 6. The van der Waals surface area contributed by atoms with Crippen LogP contribution in [-0.2, 0) is 28.6 Å². The zero-order valence-corrected chi connectivity index (χ0v) is 37.0. The maximum Gasteiger partial charge on any atom is 0.312 e. The van der Waals surface area contributed by atoms with Crippen LogP contribution in [-0.4, -0.2) is 93.3 Å². The van der Waals surface area contributed by atoms with Gasteiger partial charge in [0.15, 0.2) is 5.75 Å². The smallest absolute Gasteiger partial charge is 0.312 e. The fourth-order valence-electron chi connectivity index (χ4n) is 7.96. The predicted octanol–water partition coefficient (Wildman–Crippen LogP) is 7.47. The number of benzene rings is 2. The van der Waals surface area contributed by atoms with Gasteiger partial charge in [-0.15, -0.1) is 0 Å². The summed E-state index contributed by atoms with van der Waals surface area (Å²) in [7, 11) is 1.43. The Morgan fingerprint density at radius 3 is 2.25 bits per heavy atom. The molecule has 6 N–H and O–H groups in total. The number of fused-ring (bicyclic) bond motifs is 14. The number of allylic oxidation sites excluding steroid dienone is 2. The molecule has 0 radical (unpaired) electrons. The third-order valence-corrected chi connectivity index (χ3v) is 11.9. The van der Waals surface area contributed by atoms with Crippen molar-refractivity contribution in [1.82, 2.24) is 0 Å². The lowest BCUT2D eigenvalue weighted by molar-refractivity contribution is -0.160. The van der Waals surface area contributed by atoms with Gasteiger partial charge in [-0.25, -0.2) is 0 Å². The minimum atomic E-state index is -2.06. The van der Waals surface area contributed by atoms with E-state index in [0.717, 1.165) is 44.7 Å². The van der Waals surface area contributed by atoms with E-state index >= 15 is 0 Å². The molecule has 0 aliphatic carbocycles. The zero-order chi connectivity index (χ0) is 45.3. The van der Waals surface area contributed by atoms with Crippen molar-refractivity contribution in [3.63, 3.8) is 0 Å². The van der Waals surface area contributed by atoms with Crippen LogP contribution < -0.4 is 10.1 Å². The summed E-state index contributed by atoms with van der Waals surface area (Å²) in [5.41, 5.74) is -0.543. The third-order valence-electron chi connectivity index (χ3n) is 11.9. The standard InChI is InChI=1S/C46H64N2O13/c1-11-12-13-14-15-16-21-59-47-23-31-36-41(54)34-33(40(31)53)35-43(29(7)39(34)52)61-46(9,44(35)55)58-22-20-32(57-10)26(4)42(60-30(8)49)28(6)38(51)27(5)37(50)24(2)18-17-19-25(3)45(56)48-36/h17-20,22-24,26-28,32,37-38,42,50-54H,11-16,21H2,1-10H3,(H,48,56)/b18-17-,22-20-,25-19-,47-23-. The van der Waals surface area contributed by atoms with Gasteiger partial charge in [-0.1, -0.05) is 83.7 Å². The molecule has 0 aromatic heterocycles. The Morgan fingerprint density at radius 1 is 0.918 bits per heavy atom. The molecule has 1 amide bonds. The Hall–Kier alpha value is -5.12. The van der Waals surface area contributed by atoms with Crippen LogP contribution in [0.15, 0.2) is 41.3 Å². The molecular weight excluding hydrogens is 789 g/mol. The van der Waals surface area contributed by atoms with Gasteiger partial charge in [0.25, 0.3) is 11.7 Å². The molecular formula is C46H64N2O13. The Balaban J connectivity index is 1.90. The van der Waals surface area contributed by atoms with Crippen LogP contribution in [0.4, 0.5) is 5.69 Å². The molecule has 3 aliphatic heterocycles. The van der Waals surface area contributed by atoms with Crippen molar-refractivity contribution in [3.05, 3.63) is 52.8 Å². The summed E-state index contributed by atoms with van der Waals surface area (Å²) in [4.78, 5) is 45.9. The monoisotopic (exact) mass is 852 g/mol. The predicted molar refractivity (Wildman–Crippen MR) is 231 cm³/mol. The number of unbranched alkanes of at least 4 members (excludes halogenated alkanes) is 5. The number of phenolic OH excluding ortho intramolecular Hbond substituents is 3. The number of anilines is 1. The van der Waals surface area contributed by atoms with E-state index < -0.39 is 88.8 Å². The molecule has 5 rings (SSSR count). The average Bonchev–Trinajstić information content (AvgIpc) is 3.49. The number of ketones is 1. The molecule has 15 heteroatoms. The summed E-state index contributed by atoms with van der Waals surface area (Å²) in [5, 5.41) is 64.3. The SMILES string of the molecule is CCCCCCCCO/N=C\c1c2c(O)c3c(O)c(C)c4c(c3c1O)C(=O)C(C)(O/C=C\C(OC)C(C)C(OC(C)=O)C(C)C(O)C(C)C(O)C(C)/C=C\C=C(\C)C(=O)N2)O4. The molecule has 2 aromatic carbocycles. The minimum Gasteiger partial charge on any atom is -0.507 e. The van der Waals surface area contributed by atoms with E-state index in [0.29, 0.717) is 0 Å². The van der Waals surface area contributed by atoms with Gasteiger partial charge in [0.2, 0.25) is 0 Å². The van der Waals surface area contributed by atoms with Gasteiger partial charge in [-0.05, 0) is 32.8 Å². The van der Waals surface area contributed by atoms with Gasteiger partial charge in [0.1, 0.15) is 30.0 Å². The van der Waals surface area contributed by atoms with Gasteiger partial charge in [-0.3, -0.25) is 14.4 Å². The van der Waals surface area contributed by atoms with E-state index in [1.165, 1.54) is 53.2 Å². The highest BCUT2D eigenvalue weighted by Crippen LogP contribution is 2.55. The quantitative estimate of drug-likeness (QED) is 0.0323. The van der Waals surface area contributed by atoms with Crippen LogP contribution in [0.5, 0.6) is 23.0 Å². The lowest BCUT2D eigenvalue weighted by atomic mass is 9.78. The van der Waals surface area contributed by atoms with Crippen LogP contribution in [0.1, 0.15) is 115 Å². The fourth-order valence-corrected chi connectivity index (χ4v) is 7.96. The fraction of sp³-hybridized carbons (Fsp3) is 0.565. The Labute approximate surface area is 358 Å². The number of aromatic hydroxyl groups is 3. The molecule has 3 aliphatic rings. The topological polar surface area (TPSA) is 223 Å². The summed E-state index contributed by atoms with van der Waals surface area (Å²) in [5.74, 6) is -8.55. The van der Waals surface area contributed by atoms with Crippen molar-refractivity contribution in [3.8, 4) is 23.0 Å². The zero-order valence-electron chi connectivity index (χ0n) is 37.0. The number of Topliss-reactive ketones (excluding diaryl/α,β-unsaturated/α-hetero) is 1. The van der Waals surface area contributed by atoms with Crippen LogP contribution in [0.25, 0.3) is 10.8 Å². The van der Waals surface area contributed by atoms with Crippen LogP contribution in [0, 0.1) is 30.6 Å². The van der Waals surface area contributed by atoms with Crippen molar-refractivity contribution in [2.24, 2.45) is 28.8 Å². The Kier molecular flexibility index (Phi) is 16.8. The number of nitrogens with zero attached hydrogens (tertiary/aromatic N) is 1. The first-order valence-electron chi connectivity index (χ1n) is 21.1. The first-order chi connectivity index (χ1) is 28.8. The second kappa shape index (κ2) is 21.1. The van der Waals surface area contributed by atoms with Crippen LogP contribution in [0.3, 0.4) is 0 Å². The van der Waals surface area contributed by atoms with Crippen molar-refractivity contribution in [2.75, 3.05) is 19.0 Å². The highest BCUT2D eigenvalue weighted by molar-refractivity contribution is 6.23. The number of carbonyl (C=O) groups excluding carboxylic acids is 3. The number of carbonyl (C=O) groups is 3. The summed E-state index contributed by atoms with van der Waals surface area (Å²) in [6, 6.07) is 0. The molecule has 0 fully saturated rings. The maximum atomic E-state index is 14.4. The molecule has 2 aromatic rings. The number of methoxy groups -OCH3 is 1. The Morgan fingerprint density at radius 2 is 1.59 bits per heavy atom. The molecule has 61 heavy (non-hydrogen) atoms. The van der Waals surface area contributed by atoms with Gasteiger partial charge >= 0.3 is 11.8 Å². The molecule has 0 saturated carbocycles. The third kappa shape index (κ3) is 10.7. The number of ether oxygens (including phenoxy) is 4. The number of phenols is 3. The molecule has 0 saturated heterocycles. The second-order valence-electron chi connectivity index (χ2n) is 16.5. The van der Waals surface area contributed by atoms with Gasteiger partial charge in [0.05, 0.1) is 53.0 Å². The van der Waals surface area contributed by atoms with E-state index in [4.69, 9.17) is 23.8 Å². The number of oxime groups is 1. The number of aliphatic hydroxyl groups is 2. The molecule has 3 heterocycles. The molecule has 9 unspecified atom stereocenters. The van der Waals surface area contributed by atoms with Crippen LogP contribution >= 0.6 is 0 Å². The molecule has 336 valence electrons. The van der Waals surface area contributed by atoms with E-state index in [2.05, 4.69) is 17.4 Å². The van der Waals surface area contributed by atoms with Crippen molar-refractivity contribution in [1.29, 1.82) is 0 Å². The number of hydrogen-bond acceptors (Lipinski definition) is 14. The lowest BCUT2D eigenvalue weighted by Crippen LogP contribution is -2.46. The molecule has 15 nitrogen and oxygen atoms in total. The number of aliphatic hydroxyl groups excluding tert-OH is 2. The van der Waals surface area contributed by atoms with Gasteiger partial charge < -0.3 is 54.6 Å². The lowest BCUT2D eigenvalue weighted by Gasteiger charge is -2.38. The summed E-state index contributed by atoms with van der Waals surface area (Å²) in [6.07, 6.45) is 10.7. The highest BCUT2D eigenvalue weighted by Gasteiger charge is 2.50. The molecule has 0 spiro atoms. The maximum absolute atomic E-state index is 14.4. The number of amides is 1. The van der Waals surface area contributed by atoms with Crippen molar-refractivity contribution < 1.29 is 63.7 Å². The summed E-state index contributed by atoms with van der Waals surface area (Å²) in [6.45, 7) is 14.9. The van der Waals surface area contributed by atoms with E-state index in [1.807, 2.05) is 0 Å². The van der Waals surface area contributed by atoms with Crippen molar-refractivity contribution in [2.45, 2.75) is 131 Å². The number of nitrogens with one attached hydrogen (secondary N) is 1. The van der Waals surface area contributed by atoms with Gasteiger partial charge in [0, 0.05) is 61.2 Å². The summed E-state index contributed by atoms with van der Waals surface area (Å²) >= 11 is 0. The number of esters is 1. The first kappa shape index (κ1) is 48.5. The average molecular weight is 853 g/mol.